The van der Waals surface area contributed by atoms with Crippen molar-refractivity contribution in [2.24, 2.45) is 0 Å². The van der Waals surface area contributed by atoms with Crippen molar-refractivity contribution in [3.63, 3.8) is 0 Å². The summed E-state index contributed by atoms with van der Waals surface area (Å²) in [5.74, 6) is 0.300. The van der Waals surface area contributed by atoms with E-state index in [0.29, 0.717) is 5.75 Å². The zero-order valence-electron chi connectivity index (χ0n) is 17.5. The fraction of sp³-hybridized carbons (Fsp3) is 0.143. The molecule has 0 aliphatic rings. The summed E-state index contributed by atoms with van der Waals surface area (Å²) in [5, 5.41) is 11.8. The van der Waals surface area contributed by atoms with Gasteiger partial charge in [0.25, 0.3) is 0 Å². The van der Waals surface area contributed by atoms with Crippen molar-refractivity contribution in [3.8, 4) is 5.75 Å². The lowest BCUT2D eigenvalue weighted by Crippen LogP contribution is -1.91. The van der Waals surface area contributed by atoms with E-state index >= 15 is 0 Å². The molecule has 0 amide bonds. The van der Waals surface area contributed by atoms with Crippen LogP contribution >= 0.6 is 0 Å². The van der Waals surface area contributed by atoms with Gasteiger partial charge < -0.3 is 65.1 Å². The van der Waals surface area contributed by atoms with E-state index in [2.05, 4.69) is 5.32 Å². The third kappa shape index (κ3) is 414. The molecule has 26 nitrogen and oxygen atoms in total. The van der Waals surface area contributed by atoms with Gasteiger partial charge in [-0.1, -0.05) is 0 Å². The van der Waals surface area contributed by atoms with Crippen molar-refractivity contribution in [2.75, 3.05) is 12.4 Å². The molecule has 0 unspecified atom stereocenters. The summed E-state index contributed by atoms with van der Waals surface area (Å²) >= 11 is 0. The molecule has 0 aliphatic carbocycles. The van der Waals surface area contributed by atoms with Crippen LogP contribution in [0.1, 0.15) is 0 Å². The average molecular weight is 700 g/mol. The van der Waals surface area contributed by atoms with E-state index in [0.717, 1.165) is 5.69 Å². The smallest absolute Gasteiger partial charge is 0.115 e. The normalized spacial score (nSPS) is 11.0. The zero-order valence-corrected chi connectivity index (χ0v) is 22.4. The van der Waals surface area contributed by atoms with Crippen LogP contribution in [0.4, 0.5) is 5.69 Å². The molecule has 32 heteroatoms. The van der Waals surface area contributed by atoms with Crippen LogP contribution < -0.4 is 5.32 Å². The quantitative estimate of drug-likeness (QED) is 0.156. The minimum Gasteiger partial charge on any atom is -0.759 e. The molecule has 2 N–H and O–H groups in total. The number of phenolic OH excluding ortho intramolecular Hbond substituents is 1. The summed E-state index contributed by atoms with van der Waals surface area (Å²) in [7, 11) is -29.2. The zero-order chi connectivity index (χ0) is 33.7. The Morgan fingerprint density at radius 2 is 0.564 bits per heavy atom. The molecule has 0 heterocycles. The molecule has 0 aliphatic heterocycles. The van der Waals surface area contributed by atoms with Crippen LogP contribution in [-0.2, 0) is 62.4 Å². The lowest BCUT2D eigenvalue weighted by molar-refractivity contribution is 0.350. The van der Waals surface area contributed by atoms with Crippen molar-refractivity contribution >= 4 is 68.1 Å². The highest BCUT2D eigenvalue weighted by Gasteiger charge is 1.85. The molecule has 0 fully saturated rings. The fourth-order valence-electron chi connectivity index (χ4n) is 0.628. The number of aromatic hydroxyl groups is 1. The molecular weight excluding hydrogens is 690 g/mol. The minimum atomic E-state index is -5.17. The first-order chi connectivity index (χ1) is 16.3. The minimum absolute atomic E-state index is 0.300. The Morgan fingerprint density at radius 1 is 0.436 bits per heavy atom. The molecule has 0 bridgehead atoms. The van der Waals surface area contributed by atoms with Crippen LogP contribution in [0.5, 0.6) is 5.75 Å². The molecule has 0 spiro atoms. The highest BCUT2D eigenvalue weighted by molar-refractivity contribution is 7.80. The molecule has 1 aromatic rings. The van der Waals surface area contributed by atoms with Crippen LogP contribution in [0.15, 0.2) is 24.3 Å². The van der Waals surface area contributed by atoms with Crippen LogP contribution in [0.25, 0.3) is 0 Å². The summed E-state index contributed by atoms with van der Waals surface area (Å²) in [6.45, 7) is 0. The van der Waals surface area contributed by atoms with E-state index in [1.165, 1.54) is 0 Å². The van der Waals surface area contributed by atoms with Crippen LogP contribution in [0.2, 0.25) is 0 Å². The molecule has 0 saturated carbocycles. The van der Waals surface area contributed by atoms with Gasteiger partial charge in [0.1, 0.15) is 5.75 Å². The van der Waals surface area contributed by atoms with Crippen molar-refractivity contribution in [2.45, 2.75) is 0 Å². The number of hydrogen-bond donors (Lipinski definition) is 2. The summed E-state index contributed by atoms with van der Waals surface area (Å²) in [6, 6.07) is 6.92. The van der Waals surface area contributed by atoms with Gasteiger partial charge in [-0.25, -0.2) is 0 Å². The third-order valence-electron chi connectivity index (χ3n) is 1.16. The van der Waals surface area contributed by atoms with E-state index in [1.54, 1.807) is 12.1 Å². The van der Waals surface area contributed by atoms with Gasteiger partial charge in [-0.15, -0.1) is 0 Å². The van der Waals surface area contributed by atoms with Crippen molar-refractivity contribution in [1.29, 1.82) is 0 Å². The predicted octanol–water partition coefficient (Wildman–Crippen LogP) is -6.59. The monoisotopic (exact) mass is 699 g/mol. The number of nitrogens with one attached hydrogen (secondary N) is 1. The Labute approximate surface area is 220 Å². The molecule has 1 aromatic carbocycles. The number of benzene rings is 1. The van der Waals surface area contributed by atoms with Crippen LogP contribution in [-0.4, -0.2) is 117 Å². The summed E-state index contributed by atoms with van der Waals surface area (Å²) < 4.78 is 205. The Bertz CT molecular complexity index is 1120. The average Bonchev–Trinajstić information content (AvgIpc) is 2.45. The van der Waals surface area contributed by atoms with Crippen molar-refractivity contribution < 1.29 is 110 Å². The van der Waals surface area contributed by atoms with Gasteiger partial charge in [-0.3, -0.25) is 50.5 Å². The molecule has 1 rings (SSSR count). The number of hydrogen-bond acceptors (Lipinski definition) is 26. The van der Waals surface area contributed by atoms with E-state index < -0.39 is 62.4 Å². The SMILES string of the molecule is CNc1ccc(O)cc1.O=S(=O)([O-])[O-].O=S(=O)([O-])[O-].O=S(=O)([O-])[O-].O=S(=O)([O-])[O-].O=S(=O)([O-])[O-].O=S(=O)([O-])[O-]. The summed E-state index contributed by atoms with van der Waals surface area (Å²) in [4.78, 5) is 0. The van der Waals surface area contributed by atoms with Gasteiger partial charge in [0.15, 0.2) is 0 Å². The van der Waals surface area contributed by atoms with Gasteiger partial charge in [0.05, 0.1) is 0 Å². The summed E-state index contributed by atoms with van der Waals surface area (Å²) in [5.41, 5.74) is 1.01. The molecule has 0 radical (unpaired) electrons. The first-order valence-electron chi connectivity index (χ1n) is 6.79. The van der Waals surface area contributed by atoms with E-state index in [1.807, 2.05) is 19.2 Å². The van der Waals surface area contributed by atoms with Gasteiger partial charge in [0.2, 0.25) is 0 Å². The molecular formula is C7H9NO25S6-12. The first-order valence-corrected chi connectivity index (χ1v) is 14.8. The maximum Gasteiger partial charge on any atom is 0.115 e. The van der Waals surface area contributed by atoms with E-state index in [-0.39, 0.29) is 0 Å². The van der Waals surface area contributed by atoms with Crippen LogP contribution in [0, 0.1) is 0 Å². The highest BCUT2D eigenvalue weighted by Crippen LogP contribution is 2.12. The predicted molar refractivity (Wildman–Crippen MR) is 101 cm³/mol. The van der Waals surface area contributed by atoms with Gasteiger partial charge >= 0.3 is 0 Å². The van der Waals surface area contributed by atoms with Crippen LogP contribution in [0.3, 0.4) is 0 Å². The van der Waals surface area contributed by atoms with E-state index in [4.69, 9.17) is 110 Å². The standard InChI is InChI=1S/C7H9NO.6H2O4S/c1-8-6-2-4-7(9)5-3-6;6*1-5(2,3)4/h2-5,8-9H,1H3;6*(H2,1,2,3,4)/p-12. The second kappa shape index (κ2) is 21.8. The maximum atomic E-state index is 8.82. The third-order valence-corrected chi connectivity index (χ3v) is 1.16. The second-order valence-corrected chi connectivity index (χ2v) is 9.15. The molecule has 39 heavy (non-hydrogen) atoms. The van der Waals surface area contributed by atoms with Gasteiger partial charge in [0, 0.05) is 75.1 Å². The van der Waals surface area contributed by atoms with Crippen molar-refractivity contribution in [1.82, 2.24) is 0 Å². The molecule has 0 saturated heterocycles. The molecule has 0 aromatic heterocycles. The van der Waals surface area contributed by atoms with E-state index in [9.17, 15) is 0 Å². The largest absolute Gasteiger partial charge is 0.759 e. The maximum absolute atomic E-state index is 8.82. The topological polar surface area (TPSA) is 514 Å². The van der Waals surface area contributed by atoms with Gasteiger partial charge in [-0.05, 0) is 24.3 Å². The van der Waals surface area contributed by atoms with Gasteiger partial charge in [-0.2, -0.15) is 0 Å². The number of rotatable bonds is 1. The Kier molecular flexibility index (Phi) is 27.9. The fourth-order valence-corrected chi connectivity index (χ4v) is 0.628. The Hall–Kier alpha value is -1.96. The molecule has 0 atom stereocenters. The molecule has 240 valence electrons. The Morgan fingerprint density at radius 3 is 0.667 bits per heavy atom. The summed E-state index contributed by atoms with van der Waals surface area (Å²) in [6.07, 6.45) is 0. The number of phenols is 1. The first kappa shape index (κ1) is 49.9. The highest BCUT2D eigenvalue weighted by atomic mass is 32.3. The van der Waals surface area contributed by atoms with Crippen molar-refractivity contribution in [3.05, 3.63) is 24.3 Å². The lowest BCUT2D eigenvalue weighted by atomic mass is 10.3. The Balaban J connectivity index is -0.0000000830. The lowest BCUT2D eigenvalue weighted by Gasteiger charge is -2.06. The number of anilines is 1. The second-order valence-electron chi connectivity index (χ2n) is 4.25.